The van der Waals surface area contributed by atoms with E-state index in [0.717, 1.165) is 5.57 Å². The molecular weight excluding hydrogens is 228 g/mol. The van der Waals surface area contributed by atoms with Crippen molar-refractivity contribution in [2.45, 2.75) is 34.6 Å². The molecule has 0 nitrogen and oxygen atoms in total. The monoisotopic (exact) mass is 254 g/mol. The first-order valence-electron chi connectivity index (χ1n) is 6.91. The lowest BCUT2D eigenvalue weighted by atomic mass is 9.95. The first-order valence-corrected chi connectivity index (χ1v) is 6.91. The number of allylic oxidation sites excluding steroid dienone is 7. The standard InChI is InChI=1S/C17H20.C2H6/c1-5-10-15(6-2)17(13-14(3)4)16-11-8-7-9-12-16;1-2/h5-13H,3H2,1-2,4H3;1-2H3/b10-5-,15-6+,17-13-;. The third-order valence-electron chi connectivity index (χ3n) is 2.44. The highest BCUT2D eigenvalue weighted by molar-refractivity contribution is 5.83. The molecule has 0 saturated carbocycles. The van der Waals surface area contributed by atoms with E-state index in [1.54, 1.807) is 0 Å². The van der Waals surface area contributed by atoms with Crippen molar-refractivity contribution in [2.75, 3.05) is 0 Å². The summed E-state index contributed by atoms with van der Waals surface area (Å²) in [5.74, 6) is 0. The van der Waals surface area contributed by atoms with Gasteiger partial charge in [-0.3, -0.25) is 0 Å². The van der Waals surface area contributed by atoms with Crippen LogP contribution in [0.15, 0.2) is 72.4 Å². The Balaban J connectivity index is 0.00000154. The summed E-state index contributed by atoms with van der Waals surface area (Å²) in [7, 11) is 0. The summed E-state index contributed by atoms with van der Waals surface area (Å²) in [6, 6.07) is 10.4. The van der Waals surface area contributed by atoms with E-state index in [1.165, 1.54) is 16.7 Å². The Morgan fingerprint density at radius 2 is 1.63 bits per heavy atom. The zero-order valence-corrected chi connectivity index (χ0v) is 12.9. The summed E-state index contributed by atoms with van der Waals surface area (Å²) in [6.07, 6.45) is 8.44. The van der Waals surface area contributed by atoms with Gasteiger partial charge in [-0.05, 0) is 37.5 Å². The second kappa shape index (κ2) is 10.1. The summed E-state index contributed by atoms with van der Waals surface area (Å²) >= 11 is 0. The first-order chi connectivity index (χ1) is 9.19. The lowest BCUT2D eigenvalue weighted by Gasteiger charge is -2.09. The fourth-order valence-electron chi connectivity index (χ4n) is 1.72. The summed E-state index contributed by atoms with van der Waals surface area (Å²) < 4.78 is 0. The van der Waals surface area contributed by atoms with Crippen LogP contribution in [0.4, 0.5) is 0 Å². The van der Waals surface area contributed by atoms with Crippen LogP contribution in [0.3, 0.4) is 0 Å². The summed E-state index contributed by atoms with van der Waals surface area (Å²) in [6.45, 7) is 14.1. The van der Waals surface area contributed by atoms with Crippen molar-refractivity contribution in [3.05, 3.63) is 77.9 Å². The maximum atomic E-state index is 3.97. The van der Waals surface area contributed by atoms with Gasteiger partial charge in [-0.15, -0.1) is 0 Å². The smallest absolute Gasteiger partial charge is 0.0112 e. The van der Waals surface area contributed by atoms with Gasteiger partial charge < -0.3 is 0 Å². The fourth-order valence-corrected chi connectivity index (χ4v) is 1.72. The van der Waals surface area contributed by atoms with Gasteiger partial charge in [-0.1, -0.05) is 80.6 Å². The van der Waals surface area contributed by atoms with Crippen LogP contribution in [0.1, 0.15) is 40.2 Å². The number of benzene rings is 1. The molecule has 102 valence electrons. The Morgan fingerprint density at radius 1 is 1.05 bits per heavy atom. The van der Waals surface area contributed by atoms with E-state index in [-0.39, 0.29) is 0 Å². The van der Waals surface area contributed by atoms with Gasteiger partial charge in [-0.2, -0.15) is 0 Å². The Morgan fingerprint density at radius 3 is 2.05 bits per heavy atom. The molecule has 1 aromatic rings. The highest BCUT2D eigenvalue weighted by Crippen LogP contribution is 2.25. The second-order valence-electron chi connectivity index (χ2n) is 4.01. The van der Waals surface area contributed by atoms with E-state index in [4.69, 9.17) is 0 Å². The zero-order chi connectivity index (χ0) is 14.7. The quantitative estimate of drug-likeness (QED) is 0.561. The molecule has 0 heteroatoms. The molecule has 19 heavy (non-hydrogen) atoms. The van der Waals surface area contributed by atoms with Gasteiger partial charge in [0.1, 0.15) is 0 Å². The van der Waals surface area contributed by atoms with Gasteiger partial charge in [-0.25, -0.2) is 0 Å². The highest BCUT2D eigenvalue weighted by atomic mass is 14.1. The number of hydrogen-bond acceptors (Lipinski definition) is 0. The predicted octanol–water partition coefficient (Wildman–Crippen LogP) is 6.19. The van der Waals surface area contributed by atoms with E-state index in [0.29, 0.717) is 0 Å². The van der Waals surface area contributed by atoms with Gasteiger partial charge in [0.2, 0.25) is 0 Å². The molecule has 0 aliphatic heterocycles. The molecule has 0 radical (unpaired) electrons. The molecule has 0 aliphatic carbocycles. The third-order valence-corrected chi connectivity index (χ3v) is 2.44. The minimum atomic E-state index is 1.06. The van der Waals surface area contributed by atoms with Crippen molar-refractivity contribution in [3.63, 3.8) is 0 Å². The van der Waals surface area contributed by atoms with Gasteiger partial charge >= 0.3 is 0 Å². The number of hydrogen-bond donors (Lipinski definition) is 0. The second-order valence-corrected chi connectivity index (χ2v) is 4.01. The van der Waals surface area contributed by atoms with Crippen molar-refractivity contribution in [2.24, 2.45) is 0 Å². The van der Waals surface area contributed by atoms with Crippen LogP contribution in [0.2, 0.25) is 0 Å². The van der Waals surface area contributed by atoms with Crippen molar-refractivity contribution in [1.82, 2.24) is 0 Å². The van der Waals surface area contributed by atoms with Crippen LogP contribution in [0.5, 0.6) is 0 Å². The van der Waals surface area contributed by atoms with E-state index in [1.807, 2.05) is 33.8 Å². The lowest BCUT2D eigenvalue weighted by Crippen LogP contribution is -1.88. The molecule has 1 rings (SSSR count). The SMILES string of the molecule is C=C(C)/C=C(C(/C=C\C)=C/C)\c1ccccc1.CC. The molecule has 0 atom stereocenters. The topological polar surface area (TPSA) is 0 Å². The molecule has 0 spiro atoms. The molecule has 0 aromatic heterocycles. The minimum absolute atomic E-state index is 1.06. The van der Waals surface area contributed by atoms with Crippen molar-refractivity contribution < 1.29 is 0 Å². The van der Waals surface area contributed by atoms with Crippen molar-refractivity contribution in [1.29, 1.82) is 0 Å². The lowest BCUT2D eigenvalue weighted by molar-refractivity contribution is 1.49. The van der Waals surface area contributed by atoms with Gasteiger partial charge in [0.25, 0.3) is 0 Å². The van der Waals surface area contributed by atoms with Crippen LogP contribution in [-0.4, -0.2) is 0 Å². The van der Waals surface area contributed by atoms with E-state index in [2.05, 4.69) is 62.1 Å². The molecule has 0 amide bonds. The Labute approximate surface area is 118 Å². The van der Waals surface area contributed by atoms with Gasteiger partial charge in [0.15, 0.2) is 0 Å². The molecule has 0 fully saturated rings. The highest BCUT2D eigenvalue weighted by Gasteiger charge is 2.04. The molecule has 1 aromatic carbocycles. The van der Waals surface area contributed by atoms with Crippen LogP contribution in [-0.2, 0) is 0 Å². The molecule has 0 bridgehead atoms. The summed E-state index contributed by atoms with van der Waals surface area (Å²) in [5, 5.41) is 0. The summed E-state index contributed by atoms with van der Waals surface area (Å²) in [4.78, 5) is 0. The first kappa shape index (κ1) is 17.2. The maximum Gasteiger partial charge on any atom is -0.0112 e. The van der Waals surface area contributed by atoms with E-state index in [9.17, 15) is 0 Å². The molecule has 0 aliphatic rings. The Bertz CT molecular complexity index is 456. The molecule has 0 unspecified atom stereocenters. The summed E-state index contributed by atoms with van der Waals surface area (Å²) in [5.41, 5.74) is 4.73. The van der Waals surface area contributed by atoms with Crippen molar-refractivity contribution >= 4 is 5.57 Å². The van der Waals surface area contributed by atoms with Crippen LogP contribution in [0, 0.1) is 0 Å². The molecular formula is C19H26. The molecule has 0 saturated heterocycles. The number of rotatable bonds is 4. The minimum Gasteiger partial charge on any atom is -0.0961 e. The largest absolute Gasteiger partial charge is 0.0961 e. The van der Waals surface area contributed by atoms with E-state index < -0.39 is 0 Å². The van der Waals surface area contributed by atoms with Gasteiger partial charge in [0, 0.05) is 0 Å². The Hall–Kier alpha value is -1.82. The molecule has 0 heterocycles. The van der Waals surface area contributed by atoms with Gasteiger partial charge in [0.05, 0.1) is 0 Å². The maximum absolute atomic E-state index is 3.97. The van der Waals surface area contributed by atoms with Crippen molar-refractivity contribution in [3.8, 4) is 0 Å². The average molecular weight is 254 g/mol. The van der Waals surface area contributed by atoms with Crippen LogP contribution in [0.25, 0.3) is 5.57 Å². The van der Waals surface area contributed by atoms with Crippen LogP contribution >= 0.6 is 0 Å². The molecule has 0 N–H and O–H groups in total. The predicted molar refractivity (Wildman–Crippen MR) is 89.2 cm³/mol. The van der Waals surface area contributed by atoms with E-state index >= 15 is 0 Å². The normalized spacial score (nSPS) is 12.1. The Kier molecular flexibility index (Phi) is 9.16. The zero-order valence-electron chi connectivity index (χ0n) is 12.9. The fraction of sp³-hybridized carbons (Fsp3) is 0.263. The average Bonchev–Trinajstić information content (AvgIpc) is 2.45. The van der Waals surface area contributed by atoms with Crippen LogP contribution < -0.4 is 0 Å². The third kappa shape index (κ3) is 6.05.